The van der Waals surface area contributed by atoms with Crippen LogP contribution < -0.4 is 5.32 Å². The normalized spacial score (nSPS) is 15.0. The molecule has 16 heavy (non-hydrogen) atoms. The molecule has 1 aromatic rings. The summed E-state index contributed by atoms with van der Waals surface area (Å²) in [6.07, 6.45) is 1.23. The van der Waals surface area contributed by atoms with Gasteiger partial charge in [-0.1, -0.05) is 20.8 Å². The van der Waals surface area contributed by atoms with Gasteiger partial charge in [-0.25, -0.2) is 4.98 Å². The van der Waals surface area contributed by atoms with E-state index in [-0.39, 0.29) is 0 Å². The van der Waals surface area contributed by atoms with Crippen molar-refractivity contribution in [3.63, 3.8) is 0 Å². The second-order valence-corrected chi connectivity index (χ2v) is 6.34. The van der Waals surface area contributed by atoms with E-state index in [1.54, 1.807) is 11.3 Å². The average Bonchev–Trinajstić information content (AvgIpc) is 2.75. The van der Waals surface area contributed by atoms with E-state index in [9.17, 15) is 0 Å². The molecule has 2 atom stereocenters. The molecular weight excluding hydrogens is 236 g/mol. The second-order valence-electron chi connectivity index (χ2n) is 3.98. The molecule has 1 aromatic heterocycles. The Labute approximate surface area is 107 Å². The number of thiazole rings is 1. The van der Waals surface area contributed by atoms with Crippen molar-refractivity contribution in [1.29, 1.82) is 0 Å². The fourth-order valence-electron chi connectivity index (χ4n) is 1.33. The van der Waals surface area contributed by atoms with Crippen molar-refractivity contribution in [2.45, 2.75) is 51.2 Å². The first-order valence-corrected chi connectivity index (χ1v) is 7.89. The molecule has 0 saturated heterocycles. The van der Waals surface area contributed by atoms with Gasteiger partial charge in [0.1, 0.15) is 5.01 Å². The summed E-state index contributed by atoms with van der Waals surface area (Å²) in [5.74, 6) is 1.05. The highest BCUT2D eigenvalue weighted by molar-refractivity contribution is 7.99. The predicted octanol–water partition coefficient (Wildman–Crippen LogP) is 3.85. The molecule has 0 aliphatic carbocycles. The van der Waals surface area contributed by atoms with Crippen molar-refractivity contribution in [1.82, 2.24) is 10.3 Å². The molecular formula is C12H22N2S2. The third kappa shape index (κ3) is 4.44. The number of hydrogen-bond donors (Lipinski definition) is 1. The van der Waals surface area contributed by atoms with Crippen LogP contribution in [0.25, 0.3) is 0 Å². The third-order valence-electron chi connectivity index (χ3n) is 2.59. The minimum atomic E-state index is 0.378. The fraction of sp³-hybridized carbons (Fsp3) is 0.750. The van der Waals surface area contributed by atoms with Crippen molar-refractivity contribution in [3.05, 3.63) is 16.1 Å². The van der Waals surface area contributed by atoms with Crippen molar-refractivity contribution < 1.29 is 0 Å². The van der Waals surface area contributed by atoms with E-state index in [2.05, 4.69) is 43.4 Å². The van der Waals surface area contributed by atoms with Gasteiger partial charge < -0.3 is 5.32 Å². The quantitative estimate of drug-likeness (QED) is 0.804. The predicted molar refractivity (Wildman–Crippen MR) is 75.3 cm³/mol. The Morgan fingerprint density at radius 1 is 1.44 bits per heavy atom. The smallest absolute Gasteiger partial charge is 0.103 e. The Morgan fingerprint density at radius 3 is 2.81 bits per heavy atom. The summed E-state index contributed by atoms with van der Waals surface area (Å²) in [5, 5.41) is 7.56. The van der Waals surface area contributed by atoms with Crippen LogP contribution in [0.4, 0.5) is 0 Å². The van der Waals surface area contributed by atoms with Gasteiger partial charge in [-0.2, -0.15) is 11.8 Å². The van der Waals surface area contributed by atoms with Gasteiger partial charge in [0.2, 0.25) is 0 Å². The van der Waals surface area contributed by atoms with Crippen LogP contribution in [0.15, 0.2) is 5.38 Å². The Kier molecular flexibility index (Phi) is 6.39. The molecule has 2 nitrogen and oxygen atoms in total. The maximum Gasteiger partial charge on any atom is 0.103 e. The van der Waals surface area contributed by atoms with E-state index >= 15 is 0 Å². The Hall–Kier alpha value is -0.0600. The average molecular weight is 258 g/mol. The maximum atomic E-state index is 4.67. The number of hydrogen-bond acceptors (Lipinski definition) is 4. The van der Waals surface area contributed by atoms with Gasteiger partial charge in [-0.3, -0.25) is 0 Å². The van der Waals surface area contributed by atoms with Crippen LogP contribution in [0.2, 0.25) is 0 Å². The lowest BCUT2D eigenvalue weighted by molar-refractivity contribution is 0.585. The van der Waals surface area contributed by atoms with Crippen molar-refractivity contribution in [3.8, 4) is 0 Å². The van der Waals surface area contributed by atoms with Crippen LogP contribution in [0, 0.1) is 0 Å². The van der Waals surface area contributed by atoms with E-state index in [1.165, 1.54) is 17.1 Å². The monoisotopic (exact) mass is 258 g/mol. The van der Waals surface area contributed by atoms with Gasteiger partial charge >= 0.3 is 0 Å². The lowest BCUT2D eigenvalue weighted by atomic mass is 10.2. The zero-order valence-corrected chi connectivity index (χ0v) is 12.3. The third-order valence-corrected chi connectivity index (χ3v) is 4.98. The molecule has 2 unspecified atom stereocenters. The molecule has 92 valence electrons. The maximum absolute atomic E-state index is 4.67. The van der Waals surface area contributed by atoms with Crippen molar-refractivity contribution in [2.75, 3.05) is 6.54 Å². The van der Waals surface area contributed by atoms with Crippen molar-refractivity contribution >= 4 is 23.1 Å². The van der Waals surface area contributed by atoms with Gasteiger partial charge in [-0.05, 0) is 19.9 Å². The van der Waals surface area contributed by atoms with Crippen LogP contribution in [-0.4, -0.2) is 16.8 Å². The number of aromatic nitrogens is 1. The molecule has 0 aliphatic heterocycles. The van der Waals surface area contributed by atoms with Crippen molar-refractivity contribution in [2.24, 2.45) is 0 Å². The number of nitrogens with zero attached hydrogens (tertiary/aromatic N) is 1. The molecule has 0 radical (unpaired) electrons. The van der Waals surface area contributed by atoms with Crippen LogP contribution in [0.1, 0.15) is 50.9 Å². The summed E-state index contributed by atoms with van der Waals surface area (Å²) in [5.41, 5.74) is 1.19. The molecule has 0 amide bonds. The Bertz CT molecular complexity index is 299. The molecule has 4 heteroatoms. The van der Waals surface area contributed by atoms with Gasteiger partial charge in [0.25, 0.3) is 0 Å². The van der Waals surface area contributed by atoms with E-state index in [1.807, 2.05) is 11.8 Å². The van der Waals surface area contributed by atoms with Crippen LogP contribution in [0.3, 0.4) is 0 Å². The highest BCUT2D eigenvalue weighted by Gasteiger charge is 2.09. The topological polar surface area (TPSA) is 24.9 Å². The molecule has 0 bridgehead atoms. The van der Waals surface area contributed by atoms with Gasteiger partial charge in [-0.15, -0.1) is 11.3 Å². The second kappa shape index (κ2) is 7.30. The minimum absolute atomic E-state index is 0.378. The fourth-order valence-corrected chi connectivity index (χ4v) is 3.21. The summed E-state index contributed by atoms with van der Waals surface area (Å²) in [6, 6.07) is 0.378. The largest absolute Gasteiger partial charge is 0.309 e. The Morgan fingerprint density at radius 2 is 2.19 bits per heavy atom. The molecule has 0 saturated carbocycles. The van der Waals surface area contributed by atoms with E-state index in [0.717, 1.165) is 17.5 Å². The highest BCUT2D eigenvalue weighted by Crippen LogP contribution is 2.23. The van der Waals surface area contributed by atoms with E-state index in [0.29, 0.717) is 6.04 Å². The summed E-state index contributed by atoms with van der Waals surface area (Å²) < 4.78 is 0. The minimum Gasteiger partial charge on any atom is -0.309 e. The summed E-state index contributed by atoms with van der Waals surface area (Å²) >= 11 is 3.78. The molecule has 1 rings (SSSR count). The summed E-state index contributed by atoms with van der Waals surface area (Å²) in [4.78, 5) is 4.67. The SMILES string of the molecule is CCNC(C)c1csc(CSC(C)CC)n1. The first-order valence-electron chi connectivity index (χ1n) is 5.96. The summed E-state index contributed by atoms with van der Waals surface area (Å²) in [6.45, 7) is 9.81. The molecule has 0 aromatic carbocycles. The lowest BCUT2D eigenvalue weighted by Crippen LogP contribution is -2.17. The van der Waals surface area contributed by atoms with Crippen LogP contribution >= 0.6 is 23.1 Å². The molecule has 1 N–H and O–H groups in total. The van der Waals surface area contributed by atoms with E-state index < -0.39 is 0 Å². The van der Waals surface area contributed by atoms with Crippen LogP contribution in [0.5, 0.6) is 0 Å². The van der Waals surface area contributed by atoms with E-state index in [4.69, 9.17) is 0 Å². The zero-order chi connectivity index (χ0) is 12.0. The standard InChI is InChI=1S/C12H22N2S2/c1-5-9(3)15-8-12-14-11(7-16-12)10(4)13-6-2/h7,9-10,13H,5-6,8H2,1-4H3. The molecule has 1 heterocycles. The number of thioether (sulfide) groups is 1. The first-order chi connectivity index (χ1) is 7.67. The van der Waals surface area contributed by atoms with Crippen LogP contribution in [-0.2, 0) is 5.75 Å². The zero-order valence-electron chi connectivity index (χ0n) is 10.6. The molecule has 0 aliphatic rings. The number of rotatable bonds is 7. The molecule has 0 spiro atoms. The lowest BCUT2D eigenvalue weighted by Gasteiger charge is -2.08. The molecule has 0 fully saturated rings. The Balaban J connectivity index is 2.45. The van der Waals surface area contributed by atoms with Gasteiger partial charge in [0, 0.05) is 22.4 Å². The first kappa shape index (κ1) is 14.0. The summed E-state index contributed by atoms with van der Waals surface area (Å²) in [7, 11) is 0. The van der Waals surface area contributed by atoms with Gasteiger partial charge in [0.05, 0.1) is 5.69 Å². The highest BCUT2D eigenvalue weighted by atomic mass is 32.2. The number of nitrogens with one attached hydrogen (secondary N) is 1. The van der Waals surface area contributed by atoms with Gasteiger partial charge in [0.15, 0.2) is 0 Å².